The molecule has 1 aromatic rings. The van der Waals surface area contributed by atoms with Gasteiger partial charge in [-0.3, -0.25) is 4.99 Å². The molecule has 0 saturated carbocycles. The van der Waals surface area contributed by atoms with E-state index in [4.69, 9.17) is 14.6 Å². The van der Waals surface area contributed by atoms with Crippen LogP contribution in [0.15, 0.2) is 35.3 Å². The Balaban J connectivity index is 2.07. The number of aliphatic hydroxyl groups is 2. The van der Waals surface area contributed by atoms with Crippen molar-refractivity contribution in [3.05, 3.63) is 35.9 Å². The van der Waals surface area contributed by atoms with E-state index >= 15 is 0 Å². The Bertz CT molecular complexity index is 542. The number of hydrogen-bond acceptors (Lipinski definition) is 5. The highest BCUT2D eigenvalue weighted by molar-refractivity contribution is 5.75. The van der Waals surface area contributed by atoms with Crippen LogP contribution in [0.25, 0.3) is 0 Å². The van der Waals surface area contributed by atoms with Gasteiger partial charge in [0.15, 0.2) is 11.5 Å². The second-order valence-electron chi connectivity index (χ2n) is 5.47. The molecule has 0 spiro atoms. The maximum Gasteiger partial charge on any atom is 0.160 e. The number of aliphatic hydroxyl groups excluding tert-OH is 2. The minimum atomic E-state index is -0.759. The highest BCUT2D eigenvalue weighted by Gasteiger charge is 2.30. The van der Waals surface area contributed by atoms with Gasteiger partial charge < -0.3 is 19.7 Å². The molecule has 2 atom stereocenters. The first-order chi connectivity index (χ1) is 10.6. The molecule has 0 amide bonds. The van der Waals surface area contributed by atoms with Crippen LogP contribution in [0.3, 0.4) is 0 Å². The van der Waals surface area contributed by atoms with Crippen LogP contribution in [0.1, 0.15) is 18.4 Å². The third-order valence-corrected chi connectivity index (χ3v) is 3.92. The molecule has 1 aliphatic rings. The molecule has 0 radical (unpaired) electrons. The zero-order valence-electron chi connectivity index (χ0n) is 13.0. The highest BCUT2D eigenvalue weighted by atomic mass is 16.5. The average molecular weight is 305 g/mol. The first kappa shape index (κ1) is 16.5. The fourth-order valence-electron chi connectivity index (χ4n) is 2.70. The maximum atomic E-state index is 9.74. The van der Waals surface area contributed by atoms with Crippen molar-refractivity contribution in [2.24, 2.45) is 4.99 Å². The van der Waals surface area contributed by atoms with Crippen molar-refractivity contribution in [2.75, 3.05) is 20.8 Å². The molecule has 2 rings (SSSR count). The number of aryl methyl sites for hydroxylation is 1. The van der Waals surface area contributed by atoms with Gasteiger partial charge in [-0.1, -0.05) is 12.1 Å². The van der Waals surface area contributed by atoms with E-state index in [-0.39, 0.29) is 6.61 Å². The number of allylic oxidation sites excluding steroid dienone is 1. The van der Waals surface area contributed by atoms with Crippen LogP contribution in [0.4, 0.5) is 0 Å². The Morgan fingerprint density at radius 1 is 1.23 bits per heavy atom. The molecule has 0 saturated heterocycles. The van der Waals surface area contributed by atoms with Crippen molar-refractivity contribution in [3.8, 4) is 11.5 Å². The number of rotatable bonds is 8. The summed E-state index contributed by atoms with van der Waals surface area (Å²) in [4.78, 5) is 4.48. The molecular formula is C17H23NO4. The highest BCUT2D eigenvalue weighted by Crippen LogP contribution is 2.32. The van der Waals surface area contributed by atoms with Crippen LogP contribution in [0.5, 0.6) is 11.5 Å². The van der Waals surface area contributed by atoms with Crippen LogP contribution in [-0.4, -0.2) is 48.9 Å². The molecule has 0 aliphatic carbocycles. The van der Waals surface area contributed by atoms with Gasteiger partial charge in [-0.2, -0.15) is 0 Å². The first-order valence-corrected chi connectivity index (χ1v) is 7.35. The lowest BCUT2D eigenvalue weighted by Gasteiger charge is -2.26. The molecule has 1 aliphatic heterocycles. The van der Waals surface area contributed by atoms with Crippen LogP contribution < -0.4 is 9.47 Å². The zero-order valence-corrected chi connectivity index (χ0v) is 13.0. The average Bonchev–Trinajstić information content (AvgIpc) is 3.01. The van der Waals surface area contributed by atoms with E-state index in [9.17, 15) is 5.11 Å². The maximum absolute atomic E-state index is 9.74. The smallest absolute Gasteiger partial charge is 0.160 e. The van der Waals surface area contributed by atoms with Crippen LogP contribution in [0, 0.1) is 0 Å². The summed E-state index contributed by atoms with van der Waals surface area (Å²) >= 11 is 0. The Morgan fingerprint density at radius 3 is 2.59 bits per heavy atom. The predicted octanol–water partition coefficient (Wildman–Crippen LogP) is 1.76. The first-order valence-electron chi connectivity index (χ1n) is 7.35. The number of benzene rings is 1. The van der Waals surface area contributed by atoms with Gasteiger partial charge in [0.05, 0.1) is 32.5 Å². The summed E-state index contributed by atoms with van der Waals surface area (Å²) in [5, 5.41) is 18.8. The molecule has 5 heteroatoms. The lowest BCUT2D eigenvalue weighted by Crippen LogP contribution is -2.30. The Morgan fingerprint density at radius 2 is 2.00 bits per heavy atom. The van der Waals surface area contributed by atoms with Gasteiger partial charge >= 0.3 is 0 Å². The largest absolute Gasteiger partial charge is 0.493 e. The summed E-state index contributed by atoms with van der Waals surface area (Å²) < 4.78 is 10.5. The minimum Gasteiger partial charge on any atom is -0.493 e. The van der Waals surface area contributed by atoms with Gasteiger partial charge in [0.25, 0.3) is 0 Å². The minimum absolute atomic E-state index is 0.249. The Labute approximate surface area is 130 Å². The number of aliphatic imine (C=N–C) groups is 1. The summed E-state index contributed by atoms with van der Waals surface area (Å²) in [5.74, 6) is 1.41. The monoisotopic (exact) mass is 305 g/mol. The summed E-state index contributed by atoms with van der Waals surface area (Å²) in [7, 11) is 3.23. The molecule has 0 bridgehead atoms. The van der Waals surface area contributed by atoms with E-state index in [1.807, 2.05) is 30.4 Å². The molecule has 1 heterocycles. The quantitative estimate of drug-likeness (QED) is 0.768. The number of nitrogens with zero attached hydrogens (tertiary/aromatic N) is 1. The molecule has 120 valence electrons. The second-order valence-corrected chi connectivity index (χ2v) is 5.47. The third kappa shape index (κ3) is 3.87. The van der Waals surface area contributed by atoms with Gasteiger partial charge in [0.1, 0.15) is 0 Å². The predicted molar refractivity (Wildman–Crippen MR) is 85.9 cm³/mol. The van der Waals surface area contributed by atoms with Crippen molar-refractivity contribution in [1.29, 1.82) is 0 Å². The van der Waals surface area contributed by atoms with E-state index < -0.39 is 11.6 Å². The van der Waals surface area contributed by atoms with Crippen LogP contribution >= 0.6 is 0 Å². The molecule has 5 nitrogen and oxygen atoms in total. The Hall–Kier alpha value is -1.85. The topological polar surface area (TPSA) is 71.3 Å². The lowest BCUT2D eigenvalue weighted by atomic mass is 9.87. The van der Waals surface area contributed by atoms with Gasteiger partial charge in [-0.15, -0.1) is 0 Å². The molecule has 0 fully saturated rings. The van der Waals surface area contributed by atoms with Gasteiger partial charge in [-0.05, 0) is 36.6 Å². The summed E-state index contributed by atoms with van der Waals surface area (Å²) in [5.41, 5.74) is 0.681. The van der Waals surface area contributed by atoms with Crippen LogP contribution in [-0.2, 0) is 6.42 Å². The summed E-state index contributed by atoms with van der Waals surface area (Å²) in [6.45, 7) is -0.249. The third-order valence-electron chi connectivity index (χ3n) is 3.92. The van der Waals surface area contributed by atoms with Crippen molar-refractivity contribution in [3.63, 3.8) is 0 Å². The number of ether oxygens (including phenoxy) is 2. The SMILES string of the molecule is COc1ccc(CCC2(CC(O)CO)C=CC=N2)cc1OC. The lowest BCUT2D eigenvalue weighted by molar-refractivity contribution is 0.0741. The zero-order chi connectivity index (χ0) is 16.0. The number of methoxy groups -OCH3 is 2. The normalized spacial score (nSPS) is 21.1. The fraction of sp³-hybridized carbons (Fsp3) is 0.471. The van der Waals surface area contributed by atoms with Crippen molar-refractivity contribution < 1.29 is 19.7 Å². The van der Waals surface area contributed by atoms with Crippen LogP contribution in [0.2, 0.25) is 0 Å². The molecular weight excluding hydrogens is 282 g/mol. The van der Waals surface area contributed by atoms with E-state index in [0.29, 0.717) is 17.9 Å². The van der Waals surface area contributed by atoms with E-state index in [1.54, 1.807) is 20.4 Å². The van der Waals surface area contributed by atoms with Crippen molar-refractivity contribution >= 4 is 6.21 Å². The summed E-state index contributed by atoms with van der Waals surface area (Å²) in [6.07, 6.45) is 6.84. The molecule has 0 aromatic heterocycles. The van der Waals surface area contributed by atoms with E-state index in [0.717, 1.165) is 18.4 Å². The standard InChI is InChI=1S/C17H23NO4/c1-21-15-5-4-13(10-16(15)22-2)6-8-17(7-3-9-18-17)11-14(20)12-19/h3-5,7,9-10,14,19-20H,6,8,11-12H2,1-2H3. The van der Waals surface area contributed by atoms with E-state index in [2.05, 4.69) is 4.99 Å². The van der Waals surface area contributed by atoms with Crippen molar-refractivity contribution in [1.82, 2.24) is 0 Å². The molecule has 2 unspecified atom stereocenters. The van der Waals surface area contributed by atoms with Gasteiger partial charge in [0, 0.05) is 12.6 Å². The molecule has 2 N–H and O–H groups in total. The number of hydrogen-bond donors (Lipinski definition) is 2. The fourth-order valence-corrected chi connectivity index (χ4v) is 2.70. The molecule has 1 aromatic carbocycles. The Kier molecular flexibility index (Phi) is 5.57. The molecule has 22 heavy (non-hydrogen) atoms. The van der Waals surface area contributed by atoms with Gasteiger partial charge in [0.2, 0.25) is 0 Å². The van der Waals surface area contributed by atoms with Gasteiger partial charge in [-0.25, -0.2) is 0 Å². The second kappa shape index (κ2) is 7.42. The van der Waals surface area contributed by atoms with Crippen molar-refractivity contribution in [2.45, 2.75) is 30.9 Å². The summed E-state index contributed by atoms with van der Waals surface area (Å²) in [6, 6.07) is 5.84. The van der Waals surface area contributed by atoms with E-state index in [1.165, 1.54) is 0 Å².